The van der Waals surface area contributed by atoms with Gasteiger partial charge in [-0.25, -0.2) is 0 Å². The summed E-state index contributed by atoms with van der Waals surface area (Å²) in [5.74, 6) is 0.657. The van der Waals surface area contributed by atoms with Crippen LogP contribution >= 0.6 is 0 Å². The van der Waals surface area contributed by atoms with E-state index in [4.69, 9.17) is 0 Å². The maximum atomic E-state index is 12.7. The van der Waals surface area contributed by atoms with E-state index in [0.29, 0.717) is 44.2 Å². The Bertz CT molecular complexity index is 730. The van der Waals surface area contributed by atoms with Gasteiger partial charge < -0.3 is 20.3 Å². The summed E-state index contributed by atoms with van der Waals surface area (Å²) < 4.78 is 67.6. The molecule has 2 aliphatic rings. The number of rotatable bonds is 6. The third-order valence-corrected chi connectivity index (χ3v) is 5.19. The molecule has 0 saturated carbocycles. The van der Waals surface area contributed by atoms with Crippen LogP contribution < -0.4 is 20.3 Å². The number of anilines is 1. The van der Waals surface area contributed by atoms with Gasteiger partial charge in [0.15, 0.2) is 5.96 Å². The van der Waals surface area contributed by atoms with E-state index in [0.717, 1.165) is 6.42 Å². The molecule has 1 aromatic rings. The van der Waals surface area contributed by atoms with Crippen molar-refractivity contribution in [2.75, 3.05) is 44.7 Å². The zero-order chi connectivity index (χ0) is 21.7. The summed E-state index contributed by atoms with van der Waals surface area (Å²) >= 11 is 0. The molecule has 2 fully saturated rings. The fourth-order valence-electron chi connectivity index (χ4n) is 3.92. The summed E-state index contributed by atoms with van der Waals surface area (Å²) in [5.41, 5.74) is 0.601. The summed E-state index contributed by atoms with van der Waals surface area (Å²) in [7, 11) is 1.61. The van der Waals surface area contributed by atoms with E-state index in [1.165, 1.54) is 11.0 Å². The van der Waals surface area contributed by atoms with Gasteiger partial charge in [-0.2, -0.15) is 22.0 Å². The van der Waals surface area contributed by atoms with Crippen LogP contribution in [-0.4, -0.2) is 75.5 Å². The van der Waals surface area contributed by atoms with Gasteiger partial charge in [0.2, 0.25) is 0 Å². The Kier molecular flexibility index (Phi) is 7.22. The molecule has 0 amide bonds. The molecular formula is C19H26F5N5O. The van der Waals surface area contributed by atoms with Crippen LogP contribution in [-0.2, 0) is 0 Å². The van der Waals surface area contributed by atoms with E-state index < -0.39 is 19.3 Å². The van der Waals surface area contributed by atoms with Crippen molar-refractivity contribution in [1.82, 2.24) is 15.5 Å². The van der Waals surface area contributed by atoms with E-state index in [1.807, 2.05) is 4.90 Å². The quantitative estimate of drug-likeness (QED) is 0.409. The number of hydrogen-bond donors (Lipinski definition) is 2. The molecule has 1 aromatic carbocycles. The van der Waals surface area contributed by atoms with Gasteiger partial charge in [-0.05, 0) is 25.0 Å². The van der Waals surface area contributed by atoms with Crippen molar-refractivity contribution in [3.05, 3.63) is 24.3 Å². The predicted octanol–water partition coefficient (Wildman–Crippen LogP) is 2.67. The fourth-order valence-corrected chi connectivity index (χ4v) is 3.92. The molecule has 6 nitrogen and oxygen atoms in total. The number of aliphatic imine (C=N–C) groups is 1. The normalized spacial score (nSPS) is 23.3. The monoisotopic (exact) mass is 435 g/mol. The van der Waals surface area contributed by atoms with Gasteiger partial charge in [-0.15, -0.1) is 0 Å². The lowest BCUT2D eigenvalue weighted by Gasteiger charge is -2.23. The minimum absolute atomic E-state index is 0.0171. The highest BCUT2D eigenvalue weighted by atomic mass is 19.4. The Hall–Kier alpha value is -2.30. The zero-order valence-corrected chi connectivity index (χ0v) is 16.6. The van der Waals surface area contributed by atoms with Crippen molar-refractivity contribution in [1.29, 1.82) is 0 Å². The Labute approximate surface area is 172 Å². The SMILES string of the molecule is CN=C(NC1CCN(CC(F)(F)F)C1)NC1CCN(c2ccccc2OC(F)F)C1. The third kappa shape index (κ3) is 6.35. The topological polar surface area (TPSA) is 52.1 Å². The highest BCUT2D eigenvalue weighted by Crippen LogP contribution is 2.31. The molecule has 0 aliphatic carbocycles. The molecule has 168 valence electrons. The third-order valence-electron chi connectivity index (χ3n) is 5.19. The van der Waals surface area contributed by atoms with Gasteiger partial charge in [-0.1, -0.05) is 12.1 Å². The molecule has 3 rings (SSSR count). The van der Waals surface area contributed by atoms with E-state index in [-0.39, 0.29) is 17.8 Å². The van der Waals surface area contributed by atoms with Crippen LogP contribution in [0.25, 0.3) is 0 Å². The first-order valence-corrected chi connectivity index (χ1v) is 9.81. The molecule has 2 aliphatic heterocycles. The molecule has 2 unspecified atom stereocenters. The Morgan fingerprint density at radius 2 is 1.80 bits per heavy atom. The molecule has 2 atom stereocenters. The van der Waals surface area contributed by atoms with Crippen LogP contribution in [0.15, 0.2) is 29.3 Å². The lowest BCUT2D eigenvalue weighted by Crippen LogP contribution is -2.49. The lowest BCUT2D eigenvalue weighted by molar-refractivity contribution is -0.143. The number of alkyl halides is 5. The predicted molar refractivity (Wildman–Crippen MR) is 104 cm³/mol. The van der Waals surface area contributed by atoms with Crippen molar-refractivity contribution in [3.8, 4) is 5.75 Å². The molecule has 2 heterocycles. The zero-order valence-electron chi connectivity index (χ0n) is 16.6. The molecule has 0 aromatic heterocycles. The Morgan fingerprint density at radius 1 is 1.13 bits per heavy atom. The maximum absolute atomic E-state index is 12.7. The van der Waals surface area contributed by atoms with Gasteiger partial charge in [0.05, 0.1) is 12.2 Å². The Balaban J connectivity index is 1.51. The van der Waals surface area contributed by atoms with Crippen molar-refractivity contribution in [3.63, 3.8) is 0 Å². The van der Waals surface area contributed by atoms with E-state index in [9.17, 15) is 22.0 Å². The number of guanidine groups is 1. The standard InChI is InChI=1S/C19H26F5N5O/c1-25-18(26-13-6-8-28(10-13)12-19(22,23)24)27-14-7-9-29(11-14)15-4-2-3-5-16(15)30-17(20)21/h2-5,13-14,17H,6-12H2,1H3,(H2,25,26,27). The number of para-hydroxylation sites is 2. The minimum atomic E-state index is -4.20. The number of likely N-dealkylation sites (tertiary alicyclic amines) is 1. The average Bonchev–Trinajstić information content (AvgIpc) is 3.29. The van der Waals surface area contributed by atoms with Crippen LogP contribution in [0.2, 0.25) is 0 Å². The molecule has 11 heteroatoms. The second-order valence-corrected chi connectivity index (χ2v) is 7.47. The number of nitrogens with one attached hydrogen (secondary N) is 2. The molecule has 0 spiro atoms. The largest absolute Gasteiger partial charge is 0.433 e. The van der Waals surface area contributed by atoms with E-state index >= 15 is 0 Å². The van der Waals surface area contributed by atoms with Crippen molar-refractivity contribution < 1.29 is 26.7 Å². The second kappa shape index (κ2) is 9.67. The highest BCUT2D eigenvalue weighted by Gasteiger charge is 2.35. The van der Waals surface area contributed by atoms with Gasteiger partial charge in [-0.3, -0.25) is 9.89 Å². The number of ether oxygens (including phenoxy) is 1. The van der Waals surface area contributed by atoms with Crippen molar-refractivity contribution in [2.24, 2.45) is 4.99 Å². The molecule has 0 radical (unpaired) electrons. The summed E-state index contributed by atoms with van der Waals surface area (Å²) in [6.45, 7) is -1.90. The van der Waals surface area contributed by atoms with Crippen molar-refractivity contribution >= 4 is 11.6 Å². The summed E-state index contributed by atoms with van der Waals surface area (Å²) in [5, 5.41) is 6.47. The maximum Gasteiger partial charge on any atom is 0.401 e. The first-order valence-electron chi connectivity index (χ1n) is 9.81. The lowest BCUT2D eigenvalue weighted by atomic mass is 10.2. The first-order chi connectivity index (χ1) is 14.2. The smallest absolute Gasteiger partial charge is 0.401 e. The molecule has 2 N–H and O–H groups in total. The van der Waals surface area contributed by atoms with Gasteiger partial charge >= 0.3 is 12.8 Å². The number of halogens is 5. The average molecular weight is 435 g/mol. The van der Waals surface area contributed by atoms with Crippen molar-refractivity contribution in [2.45, 2.75) is 37.7 Å². The number of hydrogen-bond acceptors (Lipinski definition) is 4. The van der Waals surface area contributed by atoms with Gasteiger partial charge in [0.1, 0.15) is 5.75 Å². The number of nitrogens with zero attached hydrogens (tertiary/aromatic N) is 3. The second-order valence-electron chi connectivity index (χ2n) is 7.47. The molecular weight excluding hydrogens is 409 g/mol. The summed E-state index contributed by atoms with van der Waals surface area (Å²) in [4.78, 5) is 7.52. The van der Waals surface area contributed by atoms with Gasteiger partial charge in [0.25, 0.3) is 0 Å². The number of benzene rings is 1. The van der Waals surface area contributed by atoms with Crippen LogP contribution in [0.1, 0.15) is 12.8 Å². The Morgan fingerprint density at radius 3 is 2.47 bits per heavy atom. The van der Waals surface area contributed by atoms with Crippen LogP contribution in [0.5, 0.6) is 5.75 Å². The minimum Gasteiger partial charge on any atom is -0.433 e. The summed E-state index contributed by atoms with van der Waals surface area (Å²) in [6, 6.07) is 6.56. The first kappa shape index (κ1) is 22.4. The fraction of sp³-hybridized carbons (Fsp3) is 0.632. The van der Waals surface area contributed by atoms with E-state index in [1.54, 1.807) is 25.2 Å². The molecule has 2 saturated heterocycles. The van der Waals surface area contributed by atoms with E-state index in [2.05, 4.69) is 20.4 Å². The van der Waals surface area contributed by atoms with Crippen LogP contribution in [0, 0.1) is 0 Å². The van der Waals surface area contributed by atoms with Crippen LogP contribution in [0.4, 0.5) is 27.6 Å². The van der Waals surface area contributed by atoms with Crippen LogP contribution in [0.3, 0.4) is 0 Å². The highest BCUT2D eigenvalue weighted by molar-refractivity contribution is 5.80. The molecule has 30 heavy (non-hydrogen) atoms. The summed E-state index contributed by atoms with van der Waals surface area (Å²) in [6.07, 6.45) is -2.84. The van der Waals surface area contributed by atoms with Gasteiger partial charge in [0, 0.05) is 45.3 Å². The molecule has 0 bridgehead atoms.